The number of aliphatic imine (C=N–C) groups is 1. The van der Waals surface area contributed by atoms with Gasteiger partial charge in [-0.15, -0.1) is 0 Å². The van der Waals surface area contributed by atoms with Crippen LogP contribution in [0.2, 0.25) is 0 Å². The molecule has 13 nitrogen and oxygen atoms in total. The Morgan fingerprint density at radius 3 is 2.16 bits per heavy atom. The van der Waals surface area contributed by atoms with Crippen molar-refractivity contribution in [2.75, 3.05) is 13.1 Å². The van der Waals surface area contributed by atoms with Gasteiger partial charge in [-0.05, 0) is 61.5 Å². The number of carbonyl (C=O) groups excluding carboxylic acids is 4. The Bertz CT molecular complexity index is 1380. The van der Waals surface area contributed by atoms with Gasteiger partial charge in [-0.1, -0.05) is 93.8 Å². The van der Waals surface area contributed by atoms with Crippen LogP contribution in [0.15, 0.2) is 65.7 Å². The van der Waals surface area contributed by atoms with E-state index in [-0.39, 0.29) is 49.7 Å². The van der Waals surface area contributed by atoms with E-state index in [0.29, 0.717) is 25.8 Å². The molecule has 1 saturated carbocycles. The van der Waals surface area contributed by atoms with Crippen molar-refractivity contribution >= 4 is 29.8 Å². The maximum atomic E-state index is 14.0. The summed E-state index contributed by atoms with van der Waals surface area (Å²) >= 11 is 0. The van der Waals surface area contributed by atoms with Gasteiger partial charge in [-0.3, -0.25) is 19.4 Å². The highest BCUT2D eigenvalue weighted by atomic mass is 16.5. The minimum absolute atomic E-state index is 0.0206. The normalized spacial score (nSPS) is 15.5. The number of hydrogen-bond donors (Lipinski definition) is 7. The Balaban J connectivity index is 1.69. The molecule has 0 saturated heterocycles. The first-order chi connectivity index (χ1) is 24.5. The summed E-state index contributed by atoms with van der Waals surface area (Å²) in [5, 5.41) is 22.6. The molecular formula is C38H57N7O6. The van der Waals surface area contributed by atoms with Crippen LogP contribution in [0.5, 0.6) is 0 Å². The Morgan fingerprint density at radius 1 is 0.882 bits per heavy atom. The van der Waals surface area contributed by atoms with Gasteiger partial charge < -0.3 is 42.6 Å². The molecule has 2 aromatic rings. The molecule has 51 heavy (non-hydrogen) atoms. The van der Waals surface area contributed by atoms with Crippen molar-refractivity contribution in [1.29, 1.82) is 0 Å². The maximum Gasteiger partial charge on any atom is 0.408 e. The van der Waals surface area contributed by atoms with Crippen LogP contribution in [0, 0.1) is 11.8 Å². The lowest BCUT2D eigenvalue weighted by molar-refractivity contribution is -0.133. The minimum Gasteiger partial charge on any atom is -0.445 e. The van der Waals surface area contributed by atoms with E-state index in [1.807, 2.05) is 74.5 Å². The van der Waals surface area contributed by atoms with E-state index in [4.69, 9.17) is 16.2 Å². The van der Waals surface area contributed by atoms with Gasteiger partial charge in [0.25, 0.3) is 0 Å². The van der Waals surface area contributed by atoms with Crippen molar-refractivity contribution in [2.45, 2.75) is 109 Å². The van der Waals surface area contributed by atoms with E-state index < -0.39 is 42.1 Å². The van der Waals surface area contributed by atoms with Crippen molar-refractivity contribution in [1.82, 2.24) is 21.3 Å². The van der Waals surface area contributed by atoms with E-state index in [1.165, 1.54) is 0 Å². The van der Waals surface area contributed by atoms with Crippen LogP contribution in [0.4, 0.5) is 4.79 Å². The van der Waals surface area contributed by atoms with Gasteiger partial charge in [0, 0.05) is 13.1 Å². The Kier molecular flexibility index (Phi) is 17.8. The number of rotatable bonds is 20. The first-order valence-electron chi connectivity index (χ1n) is 18.1. The SMILES string of the molecule is CC(C)C[C@H](NC(=O)[C@@H](NC(=O)[C@H](CCCN=C(N)N)NC(=O)OCc1ccccc1)C1CCCCC1)[C@@H](O)CC(=O)NCCc1ccccc1. The van der Waals surface area contributed by atoms with Crippen LogP contribution in [-0.2, 0) is 32.1 Å². The fourth-order valence-electron chi connectivity index (χ4n) is 6.29. The molecule has 0 aromatic heterocycles. The van der Waals surface area contributed by atoms with Crippen LogP contribution in [0.25, 0.3) is 0 Å². The Hall–Kier alpha value is -4.65. The molecule has 1 aliphatic rings. The third-order valence-electron chi connectivity index (χ3n) is 8.96. The van der Waals surface area contributed by atoms with Gasteiger partial charge in [-0.2, -0.15) is 0 Å². The number of guanidine groups is 1. The quantitative estimate of drug-likeness (QED) is 0.0616. The summed E-state index contributed by atoms with van der Waals surface area (Å²) < 4.78 is 5.38. The molecule has 0 aliphatic heterocycles. The lowest BCUT2D eigenvalue weighted by atomic mass is 9.83. The lowest BCUT2D eigenvalue weighted by Gasteiger charge is -2.33. The lowest BCUT2D eigenvalue weighted by Crippen LogP contribution is -2.59. The minimum atomic E-state index is -1.14. The average molecular weight is 708 g/mol. The molecule has 3 rings (SSSR count). The second-order valence-corrected chi connectivity index (χ2v) is 13.7. The smallest absolute Gasteiger partial charge is 0.408 e. The summed E-state index contributed by atoms with van der Waals surface area (Å²) in [6, 6.07) is 16.3. The molecule has 280 valence electrons. The fraction of sp³-hybridized carbons (Fsp3) is 0.553. The number of benzene rings is 2. The molecule has 13 heteroatoms. The standard InChI is InChI=1S/C38H57N7O6/c1-26(2)23-31(32(46)24-33(47)41-22-20-27-13-6-3-7-14-27)43-36(49)34(29-17-10-5-11-18-29)45-35(48)30(19-12-21-42-37(39)40)44-38(50)51-25-28-15-8-4-9-16-28/h3-4,6-9,13-16,26,29-32,34,46H,5,10-12,17-25H2,1-2H3,(H,41,47)(H,43,49)(H,44,50)(H,45,48)(H4,39,40,42)/t30-,31-,32-,34-/m0/s1. The van der Waals surface area contributed by atoms with E-state index in [1.54, 1.807) is 0 Å². The molecule has 0 bridgehead atoms. The summed E-state index contributed by atoms with van der Waals surface area (Å²) in [4.78, 5) is 57.4. The van der Waals surface area contributed by atoms with Crippen molar-refractivity contribution in [3.05, 3.63) is 71.8 Å². The summed E-state index contributed by atoms with van der Waals surface area (Å²) in [7, 11) is 0. The zero-order valence-corrected chi connectivity index (χ0v) is 30.0. The van der Waals surface area contributed by atoms with Gasteiger partial charge in [0.2, 0.25) is 17.7 Å². The van der Waals surface area contributed by atoms with E-state index >= 15 is 0 Å². The highest BCUT2D eigenvalue weighted by molar-refractivity contribution is 5.91. The predicted octanol–water partition coefficient (Wildman–Crippen LogP) is 3.04. The van der Waals surface area contributed by atoms with Gasteiger partial charge in [0.15, 0.2) is 5.96 Å². The van der Waals surface area contributed by atoms with Crippen LogP contribution < -0.4 is 32.7 Å². The van der Waals surface area contributed by atoms with Crippen LogP contribution >= 0.6 is 0 Å². The summed E-state index contributed by atoms with van der Waals surface area (Å²) in [6.07, 6.45) is 3.90. The Labute approximate surface area is 301 Å². The van der Waals surface area contributed by atoms with Gasteiger partial charge in [0.1, 0.15) is 18.7 Å². The largest absolute Gasteiger partial charge is 0.445 e. The zero-order valence-electron chi connectivity index (χ0n) is 30.0. The first-order valence-corrected chi connectivity index (χ1v) is 18.1. The molecule has 0 radical (unpaired) electrons. The van der Waals surface area contributed by atoms with E-state index in [2.05, 4.69) is 26.3 Å². The number of carbonyl (C=O) groups is 4. The van der Waals surface area contributed by atoms with E-state index in [0.717, 1.165) is 43.2 Å². The number of ether oxygens (including phenoxy) is 1. The molecular weight excluding hydrogens is 650 g/mol. The van der Waals surface area contributed by atoms with Crippen molar-refractivity contribution in [2.24, 2.45) is 28.3 Å². The van der Waals surface area contributed by atoms with Crippen LogP contribution in [0.3, 0.4) is 0 Å². The van der Waals surface area contributed by atoms with Crippen molar-refractivity contribution in [3.63, 3.8) is 0 Å². The number of hydrogen-bond acceptors (Lipinski definition) is 7. The predicted molar refractivity (Wildman–Crippen MR) is 197 cm³/mol. The molecule has 9 N–H and O–H groups in total. The molecule has 2 aromatic carbocycles. The average Bonchev–Trinajstić information content (AvgIpc) is 3.11. The van der Waals surface area contributed by atoms with E-state index in [9.17, 15) is 24.3 Å². The van der Waals surface area contributed by atoms with Gasteiger partial charge in [0.05, 0.1) is 18.6 Å². The van der Waals surface area contributed by atoms with Crippen LogP contribution in [0.1, 0.15) is 82.8 Å². The highest BCUT2D eigenvalue weighted by Gasteiger charge is 2.35. The third kappa shape index (κ3) is 15.8. The molecule has 1 fully saturated rings. The maximum absolute atomic E-state index is 14.0. The summed E-state index contributed by atoms with van der Waals surface area (Å²) in [5.74, 6) is -1.41. The monoisotopic (exact) mass is 707 g/mol. The Morgan fingerprint density at radius 2 is 1.53 bits per heavy atom. The van der Waals surface area contributed by atoms with Gasteiger partial charge >= 0.3 is 6.09 Å². The highest BCUT2D eigenvalue weighted by Crippen LogP contribution is 2.27. The van der Waals surface area contributed by atoms with Gasteiger partial charge in [-0.25, -0.2) is 4.79 Å². The molecule has 0 heterocycles. The zero-order chi connectivity index (χ0) is 37.0. The molecule has 0 spiro atoms. The van der Waals surface area contributed by atoms with Crippen molar-refractivity contribution < 1.29 is 29.0 Å². The third-order valence-corrected chi connectivity index (χ3v) is 8.96. The van der Waals surface area contributed by atoms with Crippen LogP contribution in [-0.4, -0.2) is 72.2 Å². The molecule has 4 amide bonds. The number of aliphatic hydroxyl groups excluding tert-OH is 1. The van der Waals surface area contributed by atoms with Crippen molar-refractivity contribution in [3.8, 4) is 0 Å². The summed E-state index contributed by atoms with van der Waals surface area (Å²) in [6.45, 7) is 4.64. The molecule has 0 unspecified atom stereocenters. The second-order valence-electron chi connectivity index (χ2n) is 13.7. The molecule has 1 aliphatic carbocycles. The summed E-state index contributed by atoms with van der Waals surface area (Å²) in [5.41, 5.74) is 12.8. The number of nitrogens with two attached hydrogens (primary N) is 2. The number of alkyl carbamates (subject to hydrolysis) is 1. The fourth-order valence-corrected chi connectivity index (χ4v) is 6.29. The molecule has 4 atom stereocenters. The number of nitrogens with one attached hydrogen (secondary N) is 4. The number of amides is 4. The first kappa shape index (κ1) is 40.8. The number of nitrogens with zero attached hydrogens (tertiary/aromatic N) is 1. The second kappa shape index (κ2) is 22.2. The number of aliphatic hydroxyl groups is 1. The topological polar surface area (TPSA) is 210 Å².